The first kappa shape index (κ1) is 13.1. The molecule has 0 bridgehead atoms. The van der Waals surface area contributed by atoms with E-state index in [0.29, 0.717) is 12.1 Å². The van der Waals surface area contributed by atoms with Crippen molar-refractivity contribution in [3.63, 3.8) is 0 Å². The number of hydrogen-bond acceptors (Lipinski definition) is 3. The van der Waals surface area contributed by atoms with Crippen LogP contribution in [0.15, 0.2) is 42.5 Å². The highest BCUT2D eigenvalue weighted by Crippen LogP contribution is 2.26. The second-order valence-corrected chi connectivity index (χ2v) is 4.85. The van der Waals surface area contributed by atoms with Gasteiger partial charge in [-0.25, -0.2) is 4.39 Å². The van der Waals surface area contributed by atoms with E-state index in [-0.39, 0.29) is 17.5 Å². The zero-order valence-electron chi connectivity index (χ0n) is 11.1. The van der Waals surface area contributed by atoms with Gasteiger partial charge in [0.15, 0.2) is 0 Å². The fourth-order valence-corrected chi connectivity index (χ4v) is 2.39. The molecule has 2 N–H and O–H groups in total. The van der Waals surface area contributed by atoms with Crippen molar-refractivity contribution in [1.82, 2.24) is 0 Å². The molecule has 0 aliphatic carbocycles. The molecule has 1 amide bonds. The minimum Gasteiger partial charge on any atom is -0.373 e. The van der Waals surface area contributed by atoms with E-state index < -0.39 is 5.82 Å². The van der Waals surface area contributed by atoms with Gasteiger partial charge >= 0.3 is 0 Å². The van der Waals surface area contributed by atoms with E-state index in [2.05, 4.69) is 10.6 Å². The molecule has 2 aromatic carbocycles. The lowest BCUT2D eigenvalue weighted by Gasteiger charge is -2.13. The second kappa shape index (κ2) is 5.25. The summed E-state index contributed by atoms with van der Waals surface area (Å²) in [4.78, 5) is 12.3. The Bertz CT molecular complexity index is 726. The van der Waals surface area contributed by atoms with Crippen LogP contribution in [-0.4, -0.2) is 11.9 Å². The molecule has 0 fully saturated rings. The summed E-state index contributed by atoms with van der Waals surface area (Å²) in [5.74, 6) is -0.745. The third-order valence-electron chi connectivity index (χ3n) is 3.45. The molecule has 5 heteroatoms. The van der Waals surface area contributed by atoms with Gasteiger partial charge < -0.3 is 10.6 Å². The number of nitriles is 1. The van der Waals surface area contributed by atoms with Crippen LogP contribution < -0.4 is 10.6 Å². The van der Waals surface area contributed by atoms with Gasteiger partial charge in [-0.05, 0) is 29.8 Å². The first-order valence-corrected chi connectivity index (χ1v) is 6.52. The van der Waals surface area contributed by atoms with Crippen molar-refractivity contribution >= 4 is 17.3 Å². The van der Waals surface area contributed by atoms with Gasteiger partial charge in [-0.1, -0.05) is 18.2 Å². The molecule has 1 unspecified atom stereocenters. The van der Waals surface area contributed by atoms with Gasteiger partial charge in [0.1, 0.15) is 17.9 Å². The number of amides is 1. The number of hydrogen-bond donors (Lipinski definition) is 2. The van der Waals surface area contributed by atoms with Gasteiger partial charge in [0.25, 0.3) is 0 Å². The van der Waals surface area contributed by atoms with E-state index in [1.165, 1.54) is 12.1 Å². The van der Waals surface area contributed by atoms with E-state index in [1.54, 1.807) is 0 Å². The third kappa shape index (κ3) is 2.56. The molecule has 0 saturated carbocycles. The van der Waals surface area contributed by atoms with Crippen molar-refractivity contribution < 1.29 is 9.18 Å². The minimum atomic E-state index is -0.504. The smallest absolute Gasteiger partial charge is 0.247 e. The molecular formula is C16H12FN3O. The first-order valence-electron chi connectivity index (χ1n) is 6.52. The highest BCUT2D eigenvalue weighted by atomic mass is 19.1. The molecule has 4 nitrogen and oxygen atoms in total. The van der Waals surface area contributed by atoms with Crippen LogP contribution in [0.4, 0.5) is 15.8 Å². The van der Waals surface area contributed by atoms with Crippen molar-refractivity contribution in [2.75, 3.05) is 10.6 Å². The molecule has 21 heavy (non-hydrogen) atoms. The maximum absolute atomic E-state index is 13.1. The number of halogens is 1. The Kier molecular flexibility index (Phi) is 3.28. The lowest BCUT2D eigenvalue weighted by Crippen LogP contribution is -2.33. The summed E-state index contributed by atoms with van der Waals surface area (Å²) in [6.07, 6.45) is 0.588. The number of rotatable bonds is 2. The summed E-state index contributed by atoms with van der Waals surface area (Å²) in [6, 6.07) is 12.9. The molecule has 3 rings (SSSR count). The summed E-state index contributed by atoms with van der Waals surface area (Å²) in [6.45, 7) is 0. The minimum absolute atomic E-state index is 0.110. The SMILES string of the molecule is N#Cc1cc(F)ccc1NC(=O)C1Cc2ccccc2N1. The molecule has 0 radical (unpaired) electrons. The number of nitrogens with one attached hydrogen (secondary N) is 2. The molecule has 1 aliphatic rings. The number of carbonyl (C=O) groups excluding carboxylic acids is 1. The lowest BCUT2D eigenvalue weighted by molar-refractivity contribution is -0.116. The van der Waals surface area contributed by atoms with Crippen LogP contribution in [0.1, 0.15) is 11.1 Å². The Morgan fingerprint density at radius 3 is 2.90 bits per heavy atom. The Morgan fingerprint density at radius 1 is 1.33 bits per heavy atom. The molecule has 0 saturated heterocycles. The number of nitrogens with zero attached hydrogens (tertiary/aromatic N) is 1. The Labute approximate surface area is 121 Å². The summed E-state index contributed by atoms with van der Waals surface area (Å²) < 4.78 is 13.1. The van der Waals surface area contributed by atoms with Crippen molar-refractivity contribution in [3.05, 3.63) is 59.4 Å². The van der Waals surface area contributed by atoms with E-state index in [0.717, 1.165) is 17.3 Å². The van der Waals surface area contributed by atoms with Crippen molar-refractivity contribution in [2.45, 2.75) is 12.5 Å². The molecule has 104 valence electrons. The predicted molar refractivity (Wildman–Crippen MR) is 77.3 cm³/mol. The zero-order valence-corrected chi connectivity index (χ0v) is 11.1. The Morgan fingerprint density at radius 2 is 2.14 bits per heavy atom. The van der Waals surface area contributed by atoms with Gasteiger partial charge in [0.2, 0.25) is 5.91 Å². The van der Waals surface area contributed by atoms with E-state index in [9.17, 15) is 9.18 Å². The fraction of sp³-hybridized carbons (Fsp3) is 0.125. The van der Waals surface area contributed by atoms with Gasteiger partial charge in [-0.2, -0.15) is 5.26 Å². The van der Waals surface area contributed by atoms with E-state index in [4.69, 9.17) is 5.26 Å². The zero-order chi connectivity index (χ0) is 14.8. The number of para-hydroxylation sites is 1. The van der Waals surface area contributed by atoms with E-state index in [1.807, 2.05) is 30.3 Å². The van der Waals surface area contributed by atoms with Crippen LogP contribution in [0.25, 0.3) is 0 Å². The van der Waals surface area contributed by atoms with Crippen LogP contribution in [0.5, 0.6) is 0 Å². The lowest BCUT2D eigenvalue weighted by atomic mass is 10.1. The maximum Gasteiger partial charge on any atom is 0.247 e. The topological polar surface area (TPSA) is 64.9 Å². The molecular weight excluding hydrogens is 269 g/mol. The molecule has 0 spiro atoms. The van der Waals surface area contributed by atoms with Crippen molar-refractivity contribution in [3.8, 4) is 6.07 Å². The Hall–Kier alpha value is -2.87. The Balaban J connectivity index is 1.76. The number of benzene rings is 2. The molecule has 1 atom stereocenters. The van der Waals surface area contributed by atoms with Crippen LogP contribution in [0.3, 0.4) is 0 Å². The average molecular weight is 281 g/mol. The number of anilines is 2. The van der Waals surface area contributed by atoms with Gasteiger partial charge in [-0.15, -0.1) is 0 Å². The van der Waals surface area contributed by atoms with Crippen LogP contribution in [0, 0.1) is 17.1 Å². The van der Waals surface area contributed by atoms with Crippen LogP contribution in [-0.2, 0) is 11.2 Å². The molecule has 0 aromatic heterocycles. The number of carbonyl (C=O) groups is 1. The predicted octanol–water partition coefficient (Wildman–Crippen LogP) is 2.67. The van der Waals surface area contributed by atoms with E-state index >= 15 is 0 Å². The number of fused-ring (bicyclic) bond motifs is 1. The molecule has 1 aliphatic heterocycles. The van der Waals surface area contributed by atoms with Crippen LogP contribution in [0.2, 0.25) is 0 Å². The van der Waals surface area contributed by atoms with Gasteiger partial charge in [0, 0.05) is 12.1 Å². The standard InChI is InChI=1S/C16H12FN3O/c17-12-5-6-14(11(7-12)9-18)20-16(21)15-8-10-3-1-2-4-13(10)19-15/h1-7,15,19H,8H2,(H,20,21). The monoisotopic (exact) mass is 281 g/mol. The maximum atomic E-state index is 13.1. The van der Waals surface area contributed by atoms with Gasteiger partial charge in [0.05, 0.1) is 11.3 Å². The normalized spacial score (nSPS) is 15.7. The second-order valence-electron chi connectivity index (χ2n) is 4.85. The van der Waals surface area contributed by atoms with Crippen LogP contribution >= 0.6 is 0 Å². The largest absolute Gasteiger partial charge is 0.373 e. The average Bonchev–Trinajstić information content (AvgIpc) is 2.93. The van der Waals surface area contributed by atoms with Gasteiger partial charge in [-0.3, -0.25) is 4.79 Å². The molecule has 1 heterocycles. The van der Waals surface area contributed by atoms with Crippen molar-refractivity contribution in [2.24, 2.45) is 0 Å². The molecule has 2 aromatic rings. The highest BCUT2D eigenvalue weighted by molar-refractivity contribution is 5.98. The highest BCUT2D eigenvalue weighted by Gasteiger charge is 2.26. The summed E-state index contributed by atoms with van der Waals surface area (Å²) in [7, 11) is 0. The fourth-order valence-electron chi connectivity index (χ4n) is 2.39. The summed E-state index contributed by atoms with van der Waals surface area (Å²) in [5.41, 5.74) is 2.45. The third-order valence-corrected chi connectivity index (χ3v) is 3.45. The summed E-state index contributed by atoms with van der Waals surface area (Å²) in [5, 5.41) is 14.8. The van der Waals surface area contributed by atoms with Crippen molar-refractivity contribution in [1.29, 1.82) is 5.26 Å². The first-order chi connectivity index (χ1) is 10.2. The summed E-state index contributed by atoms with van der Waals surface area (Å²) >= 11 is 0. The quantitative estimate of drug-likeness (QED) is 0.889.